The number of aromatic nitrogens is 2. The predicted molar refractivity (Wildman–Crippen MR) is 58.4 cm³/mol. The van der Waals surface area contributed by atoms with Crippen molar-refractivity contribution in [3.63, 3.8) is 0 Å². The molecule has 16 heavy (non-hydrogen) atoms. The second kappa shape index (κ2) is 4.76. The third-order valence-electron chi connectivity index (χ3n) is 2.59. The summed E-state index contributed by atoms with van der Waals surface area (Å²) in [7, 11) is 1.65. The number of amides is 1. The van der Waals surface area contributed by atoms with Gasteiger partial charge in [-0.1, -0.05) is 11.6 Å². The number of carbonyl (C=O) groups is 1. The summed E-state index contributed by atoms with van der Waals surface area (Å²) in [5.74, 6) is -0.144. The summed E-state index contributed by atoms with van der Waals surface area (Å²) in [6, 6.07) is 0. The van der Waals surface area contributed by atoms with Gasteiger partial charge in [-0.2, -0.15) is 0 Å². The Balaban J connectivity index is 2.08. The van der Waals surface area contributed by atoms with Crippen LogP contribution in [-0.4, -0.2) is 47.1 Å². The van der Waals surface area contributed by atoms with Crippen LogP contribution in [0.25, 0.3) is 0 Å². The number of likely N-dealkylation sites (tertiary alicyclic amines) is 1. The fourth-order valence-electron chi connectivity index (χ4n) is 1.71. The average molecular weight is 242 g/mol. The third kappa shape index (κ3) is 2.31. The summed E-state index contributed by atoms with van der Waals surface area (Å²) in [4.78, 5) is 21.5. The van der Waals surface area contributed by atoms with Gasteiger partial charge < -0.3 is 9.64 Å². The van der Waals surface area contributed by atoms with E-state index in [-0.39, 0.29) is 22.9 Å². The Bertz CT molecular complexity index is 399. The van der Waals surface area contributed by atoms with Crippen LogP contribution < -0.4 is 0 Å². The summed E-state index contributed by atoms with van der Waals surface area (Å²) in [5.41, 5.74) is 0.282. The smallest absolute Gasteiger partial charge is 0.274 e. The summed E-state index contributed by atoms with van der Waals surface area (Å²) < 4.78 is 5.20. The monoisotopic (exact) mass is 241 g/mol. The second-order valence-corrected chi connectivity index (χ2v) is 4.01. The molecule has 5 nitrogen and oxygen atoms in total. The highest BCUT2D eigenvalue weighted by Crippen LogP contribution is 2.14. The zero-order valence-electron chi connectivity index (χ0n) is 8.89. The Labute approximate surface area is 98.4 Å². The molecule has 1 aliphatic heterocycles. The molecule has 2 heterocycles. The van der Waals surface area contributed by atoms with Gasteiger partial charge >= 0.3 is 0 Å². The van der Waals surface area contributed by atoms with Gasteiger partial charge in [0.05, 0.1) is 18.5 Å². The topological polar surface area (TPSA) is 55.3 Å². The number of carbonyl (C=O) groups excluding carboxylic acids is 1. The first-order valence-electron chi connectivity index (χ1n) is 5.00. The lowest BCUT2D eigenvalue weighted by Gasteiger charge is -2.15. The molecular weight excluding hydrogens is 230 g/mol. The van der Waals surface area contributed by atoms with Gasteiger partial charge in [0.25, 0.3) is 5.91 Å². The Morgan fingerprint density at radius 2 is 2.44 bits per heavy atom. The first-order chi connectivity index (χ1) is 7.70. The molecular formula is C10H12ClN3O2. The van der Waals surface area contributed by atoms with Crippen LogP contribution in [0.3, 0.4) is 0 Å². The van der Waals surface area contributed by atoms with Crippen molar-refractivity contribution >= 4 is 17.5 Å². The number of hydrogen-bond donors (Lipinski definition) is 0. The molecule has 0 aromatic carbocycles. The van der Waals surface area contributed by atoms with Crippen molar-refractivity contribution in [2.24, 2.45) is 0 Å². The van der Waals surface area contributed by atoms with Gasteiger partial charge in [0, 0.05) is 20.2 Å². The molecule has 1 fully saturated rings. The van der Waals surface area contributed by atoms with Gasteiger partial charge in [-0.05, 0) is 6.42 Å². The van der Waals surface area contributed by atoms with Crippen molar-refractivity contribution in [2.75, 3.05) is 20.2 Å². The summed E-state index contributed by atoms with van der Waals surface area (Å²) in [5, 5.41) is 0.230. The van der Waals surface area contributed by atoms with Crippen LogP contribution in [0.4, 0.5) is 0 Å². The molecule has 1 atom stereocenters. The van der Waals surface area contributed by atoms with E-state index < -0.39 is 0 Å². The van der Waals surface area contributed by atoms with Crippen LogP contribution in [-0.2, 0) is 4.74 Å². The first kappa shape index (κ1) is 11.3. The lowest BCUT2D eigenvalue weighted by molar-refractivity contribution is 0.0718. The molecule has 0 unspecified atom stereocenters. The highest BCUT2D eigenvalue weighted by molar-refractivity contribution is 6.29. The van der Waals surface area contributed by atoms with E-state index >= 15 is 0 Å². The fourth-order valence-corrected chi connectivity index (χ4v) is 1.86. The Morgan fingerprint density at radius 3 is 3.06 bits per heavy atom. The van der Waals surface area contributed by atoms with Crippen LogP contribution in [0.1, 0.15) is 16.9 Å². The fraction of sp³-hybridized carbons (Fsp3) is 0.500. The zero-order chi connectivity index (χ0) is 11.5. The van der Waals surface area contributed by atoms with Crippen LogP contribution in [0.5, 0.6) is 0 Å². The Hall–Kier alpha value is -1.20. The Morgan fingerprint density at radius 1 is 1.62 bits per heavy atom. The molecule has 6 heteroatoms. The van der Waals surface area contributed by atoms with Crippen LogP contribution in [0.15, 0.2) is 12.4 Å². The van der Waals surface area contributed by atoms with Crippen LogP contribution >= 0.6 is 11.6 Å². The second-order valence-electron chi connectivity index (χ2n) is 3.62. The van der Waals surface area contributed by atoms with E-state index in [2.05, 4.69) is 9.97 Å². The van der Waals surface area contributed by atoms with E-state index in [1.54, 1.807) is 12.0 Å². The van der Waals surface area contributed by atoms with Crippen molar-refractivity contribution in [1.29, 1.82) is 0 Å². The molecule has 1 saturated heterocycles. The van der Waals surface area contributed by atoms with E-state index in [9.17, 15) is 4.79 Å². The normalized spacial score (nSPS) is 20.1. The molecule has 0 radical (unpaired) electrons. The minimum Gasteiger partial charge on any atom is -0.380 e. The maximum Gasteiger partial charge on any atom is 0.274 e. The SMILES string of the molecule is CO[C@@H]1CCN(C(=O)c2cncc(Cl)n2)C1. The molecule has 2 rings (SSSR count). The van der Waals surface area contributed by atoms with Crippen LogP contribution in [0, 0.1) is 0 Å². The molecule has 86 valence electrons. The van der Waals surface area contributed by atoms with Gasteiger partial charge in [-0.15, -0.1) is 0 Å². The number of ether oxygens (including phenoxy) is 1. The largest absolute Gasteiger partial charge is 0.380 e. The molecule has 1 aromatic rings. The minimum atomic E-state index is -0.144. The van der Waals surface area contributed by atoms with E-state index in [0.717, 1.165) is 6.42 Å². The van der Waals surface area contributed by atoms with Crippen molar-refractivity contribution in [1.82, 2.24) is 14.9 Å². The predicted octanol–water partition coefficient (Wildman–Crippen LogP) is 0.991. The van der Waals surface area contributed by atoms with Gasteiger partial charge in [-0.25, -0.2) is 4.98 Å². The third-order valence-corrected chi connectivity index (χ3v) is 2.77. The van der Waals surface area contributed by atoms with Crippen molar-refractivity contribution < 1.29 is 9.53 Å². The lowest BCUT2D eigenvalue weighted by Crippen LogP contribution is -2.30. The number of halogens is 1. The molecule has 0 aliphatic carbocycles. The highest BCUT2D eigenvalue weighted by Gasteiger charge is 2.27. The molecule has 0 N–H and O–H groups in total. The van der Waals surface area contributed by atoms with Gasteiger partial charge in [-0.3, -0.25) is 9.78 Å². The standard InChI is InChI=1S/C10H12ClN3O2/c1-16-7-2-3-14(6-7)10(15)8-4-12-5-9(11)13-8/h4-5,7H,2-3,6H2,1H3/t7-/m1/s1. The number of rotatable bonds is 2. The minimum absolute atomic E-state index is 0.121. The van der Waals surface area contributed by atoms with E-state index in [1.165, 1.54) is 12.4 Å². The Kier molecular flexibility index (Phi) is 3.36. The van der Waals surface area contributed by atoms with Crippen molar-refractivity contribution in [3.8, 4) is 0 Å². The van der Waals surface area contributed by atoms with Crippen LogP contribution in [0.2, 0.25) is 5.15 Å². The zero-order valence-corrected chi connectivity index (χ0v) is 9.65. The quantitative estimate of drug-likeness (QED) is 0.775. The molecule has 0 saturated carbocycles. The maximum atomic E-state index is 12.0. The van der Waals surface area contributed by atoms with Gasteiger partial charge in [0.2, 0.25) is 0 Å². The van der Waals surface area contributed by atoms with Gasteiger partial charge in [0.15, 0.2) is 0 Å². The van der Waals surface area contributed by atoms with Gasteiger partial charge in [0.1, 0.15) is 10.8 Å². The lowest BCUT2D eigenvalue weighted by atomic mass is 10.3. The summed E-state index contributed by atoms with van der Waals surface area (Å²) >= 11 is 5.68. The van der Waals surface area contributed by atoms with Crippen molar-refractivity contribution in [2.45, 2.75) is 12.5 Å². The summed E-state index contributed by atoms with van der Waals surface area (Å²) in [6.07, 6.45) is 3.81. The molecule has 0 spiro atoms. The number of nitrogens with zero attached hydrogens (tertiary/aromatic N) is 3. The highest BCUT2D eigenvalue weighted by atomic mass is 35.5. The van der Waals surface area contributed by atoms with E-state index in [1.807, 2.05) is 0 Å². The summed E-state index contributed by atoms with van der Waals surface area (Å²) in [6.45, 7) is 1.29. The molecule has 1 aliphatic rings. The molecule has 1 amide bonds. The maximum absolute atomic E-state index is 12.0. The van der Waals surface area contributed by atoms with E-state index in [0.29, 0.717) is 13.1 Å². The number of hydrogen-bond acceptors (Lipinski definition) is 4. The average Bonchev–Trinajstić information content (AvgIpc) is 2.76. The molecule has 0 bridgehead atoms. The van der Waals surface area contributed by atoms with E-state index in [4.69, 9.17) is 16.3 Å². The number of methoxy groups -OCH3 is 1. The molecule has 1 aromatic heterocycles. The first-order valence-corrected chi connectivity index (χ1v) is 5.38. The van der Waals surface area contributed by atoms with Crippen molar-refractivity contribution in [3.05, 3.63) is 23.2 Å².